The first-order valence-electron chi connectivity index (χ1n) is 7.43. The molecule has 1 N–H and O–H groups in total. The van der Waals surface area contributed by atoms with Crippen molar-refractivity contribution in [3.63, 3.8) is 0 Å². The van der Waals surface area contributed by atoms with Crippen LogP contribution in [-0.2, 0) is 0 Å². The van der Waals surface area contributed by atoms with E-state index in [0.29, 0.717) is 6.04 Å². The standard InChI is InChI=1S/C17H23NS/c1-12-7-9-13(10-8-12)17(18-2)15-11-19-16-6-4-3-5-14(15)16/h3-6,11-13,17-18H,7-10H2,1-2H3. The maximum atomic E-state index is 3.59. The monoisotopic (exact) mass is 273 g/mol. The smallest absolute Gasteiger partial charge is 0.0360 e. The van der Waals surface area contributed by atoms with Gasteiger partial charge in [0.05, 0.1) is 0 Å². The van der Waals surface area contributed by atoms with Gasteiger partial charge in [-0.2, -0.15) is 0 Å². The quantitative estimate of drug-likeness (QED) is 0.831. The van der Waals surface area contributed by atoms with Crippen LogP contribution < -0.4 is 5.32 Å². The molecule has 1 aromatic carbocycles. The summed E-state index contributed by atoms with van der Waals surface area (Å²) in [6.07, 6.45) is 5.53. The Labute approximate surface area is 120 Å². The van der Waals surface area contributed by atoms with Crippen LogP contribution in [0.3, 0.4) is 0 Å². The molecule has 1 aliphatic rings. The van der Waals surface area contributed by atoms with E-state index in [9.17, 15) is 0 Å². The van der Waals surface area contributed by atoms with E-state index < -0.39 is 0 Å². The second kappa shape index (κ2) is 5.64. The van der Waals surface area contributed by atoms with Crippen molar-refractivity contribution in [2.75, 3.05) is 7.05 Å². The van der Waals surface area contributed by atoms with E-state index in [1.807, 2.05) is 11.3 Å². The van der Waals surface area contributed by atoms with E-state index in [1.165, 1.54) is 41.3 Å². The molecule has 0 aliphatic heterocycles. The third kappa shape index (κ3) is 2.56. The van der Waals surface area contributed by atoms with Gasteiger partial charge in [0.1, 0.15) is 0 Å². The first kappa shape index (κ1) is 13.1. The summed E-state index contributed by atoms with van der Waals surface area (Å²) < 4.78 is 1.42. The van der Waals surface area contributed by atoms with Crippen LogP contribution in [0.5, 0.6) is 0 Å². The van der Waals surface area contributed by atoms with Gasteiger partial charge in [-0.3, -0.25) is 0 Å². The van der Waals surface area contributed by atoms with Gasteiger partial charge in [0, 0.05) is 10.7 Å². The summed E-state index contributed by atoms with van der Waals surface area (Å²) >= 11 is 1.88. The van der Waals surface area contributed by atoms with Gasteiger partial charge in [-0.15, -0.1) is 11.3 Å². The van der Waals surface area contributed by atoms with Gasteiger partial charge in [-0.25, -0.2) is 0 Å². The predicted octanol–water partition coefficient (Wildman–Crippen LogP) is 4.99. The molecule has 1 nitrogen and oxygen atoms in total. The molecule has 1 atom stereocenters. The molecule has 2 heteroatoms. The normalized spacial score (nSPS) is 25.6. The number of hydrogen-bond acceptors (Lipinski definition) is 2. The molecule has 0 saturated heterocycles. The number of benzene rings is 1. The molecule has 1 unspecified atom stereocenters. The first-order valence-corrected chi connectivity index (χ1v) is 8.31. The molecule has 0 bridgehead atoms. The molecule has 1 aliphatic carbocycles. The van der Waals surface area contributed by atoms with Gasteiger partial charge in [0.2, 0.25) is 0 Å². The van der Waals surface area contributed by atoms with E-state index in [4.69, 9.17) is 0 Å². The van der Waals surface area contributed by atoms with Crippen LogP contribution in [0, 0.1) is 11.8 Å². The fourth-order valence-electron chi connectivity index (χ4n) is 3.50. The summed E-state index contributed by atoms with van der Waals surface area (Å²) in [4.78, 5) is 0. The number of nitrogens with one attached hydrogen (secondary N) is 1. The third-order valence-corrected chi connectivity index (χ3v) is 5.67. The highest BCUT2D eigenvalue weighted by molar-refractivity contribution is 7.17. The minimum atomic E-state index is 0.531. The van der Waals surface area contributed by atoms with Crippen LogP contribution in [0.4, 0.5) is 0 Å². The zero-order chi connectivity index (χ0) is 13.2. The molecule has 0 spiro atoms. The van der Waals surface area contributed by atoms with Crippen molar-refractivity contribution < 1.29 is 0 Å². The lowest BCUT2D eigenvalue weighted by atomic mass is 9.77. The Kier molecular flexibility index (Phi) is 3.90. The summed E-state index contributed by atoms with van der Waals surface area (Å²) in [7, 11) is 2.12. The maximum Gasteiger partial charge on any atom is 0.0360 e. The predicted molar refractivity (Wildman–Crippen MR) is 84.7 cm³/mol. The minimum Gasteiger partial charge on any atom is -0.313 e. The summed E-state index contributed by atoms with van der Waals surface area (Å²) in [5.41, 5.74) is 1.52. The number of rotatable bonds is 3. The lowest BCUT2D eigenvalue weighted by molar-refractivity contribution is 0.239. The summed E-state index contributed by atoms with van der Waals surface area (Å²) in [6.45, 7) is 2.39. The summed E-state index contributed by atoms with van der Waals surface area (Å²) in [5.74, 6) is 1.73. The average Bonchev–Trinajstić information content (AvgIpc) is 2.86. The van der Waals surface area contributed by atoms with Crippen LogP contribution in [0.25, 0.3) is 10.1 Å². The Morgan fingerprint density at radius 1 is 1.16 bits per heavy atom. The zero-order valence-corrected chi connectivity index (χ0v) is 12.7. The third-order valence-electron chi connectivity index (χ3n) is 4.69. The number of thiophene rings is 1. The molecule has 3 rings (SSSR count). The van der Waals surface area contributed by atoms with Gasteiger partial charge in [-0.05, 0) is 54.1 Å². The largest absolute Gasteiger partial charge is 0.313 e. The molecule has 0 radical (unpaired) electrons. The molecule has 0 amide bonds. The fraction of sp³-hybridized carbons (Fsp3) is 0.529. The van der Waals surface area contributed by atoms with Gasteiger partial charge >= 0.3 is 0 Å². The molecule has 102 valence electrons. The maximum absolute atomic E-state index is 3.59. The van der Waals surface area contributed by atoms with Gasteiger partial charge in [0.15, 0.2) is 0 Å². The van der Waals surface area contributed by atoms with Gasteiger partial charge in [-0.1, -0.05) is 38.0 Å². The van der Waals surface area contributed by atoms with Gasteiger partial charge in [0.25, 0.3) is 0 Å². The van der Waals surface area contributed by atoms with Crippen molar-refractivity contribution in [3.05, 3.63) is 35.2 Å². The SMILES string of the molecule is CNC(c1csc2ccccc12)C1CCC(C)CC1. The number of hydrogen-bond donors (Lipinski definition) is 1. The second-order valence-corrected chi connectivity index (χ2v) is 6.88. The molecular formula is C17H23NS. The Hall–Kier alpha value is -0.860. The Balaban J connectivity index is 1.89. The molecule has 1 fully saturated rings. The lowest BCUT2D eigenvalue weighted by Gasteiger charge is -2.32. The molecule has 1 aromatic heterocycles. The van der Waals surface area contributed by atoms with Crippen LogP contribution in [-0.4, -0.2) is 7.05 Å². The molecule has 1 saturated carbocycles. The van der Waals surface area contributed by atoms with Crippen molar-refractivity contribution in [2.24, 2.45) is 11.8 Å². The Morgan fingerprint density at radius 3 is 2.63 bits per heavy atom. The van der Waals surface area contributed by atoms with E-state index >= 15 is 0 Å². The number of fused-ring (bicyclic) bond motifs is 1. The van der Waals surface area contributed by atoms with E-state index in [0.717, 1.165) is 11.8 Å². The highest BCUT2D eigenvalue weighted by Crippen LogP contribution is 2.40. The van der Waals surface area contributed by atoms with Gasteiger partial charge < -0.3 is 5.32 Å². The summed E-state index contributed by atoms with van der Waals surface area (Å²) in [5, 5.41) is 7.40. The van der Waals surface area contributed by atoms with Crippen molar-refractivity contribution in [2.45, 2.75) is 38.6 Å². The van der Waals surface area contributed by atoms with Crippen molar-refractivity contribution in [1.29, 1.82) is 0 Å². The highest BCUT2D eigenvalue weighted by Gasteiger charge is 2.27. The Bertz CT molecular complexity index is 537. The van der Waals surface area contributed by atoms with E-state index in [1.54, 1.807) is 0 Å². The Morgan fingerprint density at radius 2 is 1.89 bits per heavy atom. The molecule has 2 aromatic rings. The molecule has 19 heavy (non-hydrogen) atoms. The van der Waals surface area contributed by atoms with E-state index in [2.05, 4.69) is 48.9 Å². The summed E-state index contributed by atoms with van der Waals surface area (Å²) in [6, 6.07) is 9.34. The average molecular weight is 273 g/mol. The van der Waals surface area contributed by atoms with Crippen molar-refractivity contribution >= 4 is 21.4 Å². The first-order chi connectivity index (χ1) is 9.29. The van der Waals surface area contributed by atoms with Crippen molar-refractivity contribution in [3.8, 4) is 0 Å². The second-order valence-electron chi connectivity index (χ2n) is 5.97. The van der Waals surface area contributed by atoms with Crippen LogP contribution in [0.2, 0.25) is 0 Å². The fourth-order valence-corrected chi connectivity index (χ4v) is 4.50. The topological polar surface area (TPSA) is 12.0 Å². The molecular weight excluding hydrogens is 250 g/mol. The van der Waals surface area contributed by atoms with Crippen LogP contribution >= 0.6 is 11.3 Å². The molecule has 1 heterocycles. The van der Waals surface area contributed by atoms with E-state index in [-0.39, 0.29) is 0 Å². The van der Waals surface area contributed by atoms with Crippen molar-refractivity contribution in [1.82, 2.24) is 5.32 Å². The van der Waals surface area contributed by atoms with Crippen LogP contribution in [0.15, 0.2) is 29.6 Å². The minimum absolute atomic E-state index is 0.531. The van der Waals surface area contributed by atoms with Crippen LogP contribution in [0.1, 0.15) is 44.2 Å². The highest BCUT2D eigenvalue weighted by atomic mass is 32.1. The zero-order valence-electron chi connectivity index (χ0n) is 11.9. The lowest BCUT2D eigenvalue weighted by Crippen LogP contribution is -2.28.